The van der Waals surface area contributed by atoms with Gasteiger partial charge >= 0.3 is 0 Å². The Hall–Kier alpha value is -2.41. The lowest BCUT2D eigenvalue weighted by atomic mass is 10.1. The maximum absolute atomic E-state index is 8.98. The summed E-state index contributed by atoms with van der Waals surface area (Å²) >= 11 is 0. The van der Waals surface area contributed by atoms with Gasteiger partial charge in [-0.2, -0.15) is 5.26 Å². The van der Waals surface area contributed by atoms with Crippen LogP contribution in [0.3, 0.4) is 0 Å². The largest absolute Gasteiger partial charge is 0.479 e. The SMILES string of the molecule is COc1nc(C)c(-c2ccccc2)nc1C#N. The topological polar surface area (TPSA) is 58.8 Å². The second-order valence-corrected chi connectivity index (χ2v) is 3.49. The average Bonchev–Trinajstić information content (AvgIpc) is 2.39. The molecule has 0 N–H and O–H groups in total. The van der Waals surface area contributed by atoms with E-state index in [4.69, 9.17) is 10.00 Å². The molecule has 0 bridgehead atoms. The molecule has 1 aromatic carbocycles. The second-order valence-electron chi connectivity index (χ2n) is 3.49. The summed E-state index contributed by atoms with van der Waals surface area (Å²) in [5, 5.41) is 8.98. The van der Waals surface area contributed by atoms with Gasteiger partial charge in [-0.05, 0) is 6.92 Å². The highest BCUT2D eigenvalue weighted by Crippen LogP contribution is 2.23. The fraction of sp³-hybridized carbons (Fsp3) is 0.154. The van der Waals surface area contributed by atoms with E-state index in [0.29, 0.717) is 5.69 Å². The molecule has 0 aliphatic heterocycles. The third-order valence-corrected chi connectivity index (χ3v) is 2.38. The minimum absolute atomic E-state index is 0.206. The number of benzene rings is 1. The minimum atomic E-state index is 0.206. The lowest BCUT2D eigenvalue weighted by Crippen LogP contribution is -2.00. The third kappa shape index (κ3) is 2.08. The maximum Gasteiger partial charge on any atom is 0.251 e. The van der Waals surface area contributed by atoms with Crippen LogP contribution in [-0.2, 0) is 0 Å². The molecule has 2 aromatic rings. The highest BCUT2D eigenvalue weighted by molar-refractivity contribution is 5.62. The molecule has 0 spiro atoms. The predicted octanol–water partition coefficient (Wildman–Crippen LogP) is 2.33. The van der Waals surface area contributed by atoms with E-state index in [1.807, 2.05) is 43.3 Å². The van der Waals surface area contributed by atoms with Crippen LogP contribution in [-0.4, -0.2) is 17.1 Å². The van der Waals surface area contributed by atoms with Gasteiger partial charge in [0, 0.05) is 5.56 Å². The fourth-order valence-electron chi connectivity index (χ4n) is 1.58. The van der Waals surface area contributed by atoms with Crippen LogP contribution < -0.4 is 4.74 Å². The van der Waals surface area contributed by atoms with Gasteiger partial charge in [-0.15, -0.1) is 0 Å². The first-order valence-electron chi connectivity index (χ1n) is 5.14. The summed E-state index contributed by atoms with van der Waals surface area (Å²) in [6.45, 7) is 1.85. The first-order valence-corrected chi connectivity index (χ1v) is 5.14. The zero-order valence-corrected chi connectivity index (χ0v) is 9.64. The first-order chi connectivity index (χ1) is 8.26. The van der Waals surface area contributed by atoms with Gasteiger partial charge in [0.05, 0.1) is 18.5 Å². The predicted molar refractivity (Wildman–Crippen MR) is 63.5 cm³/mol. The Morgan fingerprint density at radius 3 is 2.47 bits per heavy atom. The average molecular weight is 225 g/mol. The zero-order valence-electron chi connectivity index (χ0n) is 9.64. The van der Waals surface area contributed by atoms with Crippen molar-refractivity contribution in [1.82, 2.24) is 9.97 Å². The number of nitrogens with zero attached hydrogens (tertiary/aromatic N) is 3. The molecule has 0 amide bonds. The number of hydrogen-bond donors (Lipinski definition) is 0. The molecule has 0 aliphatic rings. The molecule has 0 unspecified atom stereocenters. The van der Waals surface area contributed by atoms with E-state index in [-0.39, 0.29) is 11.6 Å². The van der Waals surface area contributed by atoms with E-state index in [9.17, 15) is 0 Å². The van der Waals surface area contributed by atoms with E-state index in [2.05, 4.69) is 9.97 Å². The third-order valence-electron chi connectivity index (χ3n) is 2.38. The molecule has 1 heterocycles. The second kappa shape index (κ2) is 4.62. The zero-order chi connectivity index (χ0) is 12.3. The van der Waals surface area contributed by atoms with Crippen LogP contribution in [0.15, 0.2) is 30.3 Å². The number of hydrogen-bond acceptors (Lipinski definition) is 4. The van der Waals surface area contributed by atoms with Gasteiger partial charge in [-0.25, -0.2) is 9.97 Å². The van der Waals surface area contributed by atoms with Gasteiger partial charge in [0.1, 0.15) is 6.07 Å². The van der Waals surface area contributed by atoms with Crippen molar-refractivity contribution in [2.45, 2.75) is 6.92 Å². The van der Waals surface area contributed by atoms with Crippen molar-refractivity contribution in [2.75, 3.05) is 7.11 Å². The maximum atomic E-state index is 8.98. The number of ether oxygens (including phenoxy) is 1. The number of rotatable bonds is 2. The van der Waals surface area contributed by atoms with Crippen LogP contribution in [0, 0.1) is 18.3 Å². The van der Waals surface area contributed by atoms with Crippen LogP contribution >= 0.6 is 0 Å². The molecule has 84 valence electrons. The lowest BCUT2D eigenvalue weighted by Gasteiger charge is -2.07. The van der Waals surface area contributed by atoms with Crippen molar-refractivity contribution < 1.29 is 4.74 Å². The monoisotopic (exact) mass is 225 g/mol. The summed E-state index contributed by atoms with van der Waals surface area (Å²) in [7, 11) is 1.48. The molecule has 0 fully saturated rings. The van der Waals surface area contributed by atoms with Gasteiger partial charge in [0.15, 0.2) is 0 Å². The summed E-state index contributed by atoms with van der Waals surface area (Å²) < 4.78 is 5.01. The smallest absolute Gasteiger partial charge is 0.251 e. The van der Waals surface area contributed by atoms with E-state index in [0.717, 1.165) is 11.3 Å². The molecule has 4 nitrogen and oxygen atoms in total. The van der Waals surface area contributed by atoms with Gasteiger partial charge in [0.25, 0.3) is 5.88 Å². The number of aryl methyl sites for hydroxylation is 1. The van der Waals surface area contributed by atoms with Crippen LogP contribution in [0.1, 0.15) is 11.4 Å². The van der Waals surface area contributed by atoms with Crippen molar-refractivity contribution in [1.29, 1.82) is 5.26 Å². The first kappa shape index (κ1) is 11.1. The van der Waals surface area contributed by atoms with Crippen LogP contribution in [0.25, 0.3) is 11.3 Å². The highest BCUT2D eigenvalue weighted by atomic mass is 16.5. The normalized spacial score (nSPS) is 9.71. The van der Waals surface area contributed by atoms with E-state index < -0.39 is 0 Å². The molecule has 0 saturated heterocycles. The molecule has 0 saturated carbocycles. The Morgan fingerprint density at radius 2 is 1.88 bits per heavy atom. The van der Waals surface area contributed by atoms with E-state index >= 15 is 0 Å². The molecular weight excluding hydrogens is 214 g/mol. The molecule has 0 radical (unpaired) electrons. The Labute approximate surface area is 99.5 Å². The summed E-state index contributed by atoms with van der Waals surface area (Å²) in [5.74, 6) is 0.268. The molecule has 17 heavy (non-hydrogen) atoms. The quantitative estimate of drug-likeness (QED) is 0.787. The van der Waals surface area contributed by atoms with Crippen LogP contribution in [0.2, 0.25) is 0 Å². The standard InChI is InChI=1S/C13H11N3O/c1-9-12(10-6-4-3-5-7-10)16-11(8-14)13(15-9)17-2/h3-7H,1-2H3. The van der Waals surface area contributed by atoms with Crippen LogP contribution in [0.5, 0.6) is 5.88 Å². The Balaban J connectivity index is 2.61. The summed E-state index contributed by atoms with van der Waals surface area (Å²) in [4.78, 5) is 8.51. The van der Waals surface area contributed by atoms with Crippen LogP contribution in [0.4, 0.5) is 0 Å². The van der Waals surface area contributed by atoms with E-state index in [1.165, 1.54) is 7.11 Å². The Kier molecular flexibility index (Phi) is 3.01. The van der Waals surface area contributed by atoms with Crippen molar-refractivity contribution in [3.63, 3.8) is 0 Å². The summed E-state index contributed by atoms with van der Waals surface area (Å²) in [5.41, 5.74) is 2.60. The molecule has 0 atom stereocenters. The van der Waals surface area contributed by atoms with E-state index in [1.54, 1.807) is 0 Å². The molecule has 4 heteroatoms. The highest BCUT2D eigenvalue weighted by Gasteiger charge is 2.12. The van der Waals surface area contributed by atoms with Gasteiger partial charge in [-0.3, -0.25) is 0 Å². The van der Waals surface area contributed by atoms with Crippen molar-refractivity contribution >= 4 is 0 Å². The van der Waals surface area contributed by atoms with Crippen molar-refractivity contribution in [2.24, 2.45) is 0 Å². The Morgan fingerprint density at radius 1 is 1.18 bits per heavy atom. The molecule has 0 aliphatic carbocycles. The fourth-order valence-corrected chi connectivity index (χ4v) is 1.58. The molecule has 1 aromatic heterocycles. The number of methoxy groups -OCH3 is 1. The van der Waals surface area contributed by atoms with Crippen molar-refractivity contribution in [3.05, 3.63) is 41.7 Å². The minimum Gasteiger partial charge on any atom is -0.479 e. The summed E-state index contributed by atoms with van der Waals surface area (Å²) in [6.07, 6.45) is 0. The van der Waals surface area contributed by atoms with Gasteiger partial charge < -0.3 is 4.74 Å². The number of nitriles is 1. The van der Waals surface area contributed by atoms with Crippen molar-refractivity contribution in [3.8, 4) is 23.2 Å². The number of aromatic nitrogens is 2. The van der Waals surface area contributed by atoms with Gasteiger partial charge in [-0.1, -0.05) is 30.3 Å². The van der Waals surface area contributed by atoms with Gasteiger partial charge in [0.2, 0.25) is 5.69 Å². The molecule has 2 rings (SSSR count). The molecular formula is C13H11N3O. The Bertz CT molecular complexity index is 573. The lowest BCUT2D eigenvalue weighted by molar-refractivity contribution is 0.393. The summed E-state index contributed by atoms with van der Waals surface area (Å²) in [6, 6.07) is 11.6.